The monoisotopic (exact) mass is 451 g/mol. The van der Waals surface area contributed by atoms with E-state index >= 15 is 0 Å². The van der Waals surface area contributed by atoms with Gasteiger partial charge in [-0.25, -0.2) is 29.0 Å². The number of amides is 1. The van der Waals surface area contributed by atoms with E-state index in [4.69, 9.17) is 11.6 Å². The van der Waals surface area contributed by atoms with Gasteiger partial charge in [-0.05, 0) is 55.7 Å². The van der Waals surface area contributed by atoms with Gasteiger partial charge in [0, 0.05) is 29.6 Å². The third-order valence-electron chi connectivity index (χ3n) is 5.29. The van der Waals surface area contributed by atoms with Gasteiger partial charge in [0.05, 0.1) is 5.02 Å². The number of carbonyl (C=O) groups is 1. The molecule has 1 heterocycles. The molecule has 1 aliphatic carbocycles. The van der Waals surface area contributed by atoms with Gasteiger partial charge in [0.2, 0.25) is 0 Å². The predicted molar refractivity (Wildman–Crippen MR) is 111 cm³/mol. The number of halogens is 4. The second-order valence-corrected chi connectivity index (χ2v) is 8.45. The van der Waals surface area contributed by atoms with Crippen LogP contribution in [0.4, 0.5) is 13.2 Å². The van der Waals surface area contributed by atoms with Crippen molar-refractivity contribution in [2.45, 2.75) is 43.9 Å². The number of hydrazine groups is 1. The zero-order chi connectivity index (χ0) is 22.2. The highest BCUT2D eigenvalue weighted by molar-refractivity contribution is 6.30. The molecule has 1 saturated carbocycles. The smallest absolute Gasteiger partial charge is 0.258 e. The lowest BCUT2D eigenvalue weighted by molar-refractivity contribution is 0.0975. The molecule has 10 heteroatoms. The van der Waals surface area contributed by atoms with Crippen LogP contribution in [-0.4, -0.2) is 23.6 Å². The fourth-order valence-corrected chi connectivity index (χ4v) is 3.40. The molecule has 4 rings (SSSR count). The van der Waals surface area contributed by atoms with Gasteiger partial charge in [-0.3, -0.25) is 10.1 Å². The van der Waals surface area contributed by atoms with E-state index in [9.17, 15) is 18.0 Å². The van der Waals surface area contributed by atoms with Crippen LogP contribution in [0.2, 0.25) is 5.02 Å². The Bertz CT molecular complexity index is 1020. The highest BCUT2D eigenvalue weighted by atomic mass is 35.5. The number of benzene rings is 2. The molecule has 2 fully saturated rings. The van der Waals surface area contributed by atoms with Crippen molar-refractivity contribution in [3.63, 3.8) is 0 Å². The summed E-state index contributed by atoms with van der Waals surface area (Å²) in [4.78, 5) is 17.1. The number of hydrogen-bond acceptors (Lipinski definition) is 4. The van der Waals surface area contributed by atoms with E-state index in [1.165, 1.54) is 24.3 Å². The Hall–Kier alpha value is -2.62. The minimum atomic E-state index is -0.693. The van der Waals surface area contributed by atoms with Gasteiger partial charge in [-0.15, -0.1) is 0 Å². The Morgan fingerprint density at radius 2 is 1.84 bits per heavy atom. The van der Waals surface area contributed by atoms with Crippen LogP contribution in [-0.2, 0) is 0 Å². The van der Waals surface area contributed by atoms with Gasteiger partial charge in [0.15, 0.2) is 5.96 Å². The Morgan fingerprint density at radius 3 is 2.48 bits per heavy atom. The van der Waals surface area contributed by atoms with Gasteiger partial charge >= 0.3 is 0 Å². The number of guanidine groups is 1. The molecule has 1 aliphatic heterocycles. The van der Waals surface area contributed by atoms with E-state index in [0.717, 1.165) is 25.0 Å². The summed E-state index contributed by atoms with van der Waals surface area (Å²) >= 11 is 5.68. The molecule has 0 radical (unpaired) electrons. The third-order valence-corrected chi connectivity index (χ3v) is 5.60. The van der Waals surface area contributed by atoms with Crippen LogP contribution in [0.25, 0.3) is 0 Å². The molecule has 4 N–H and O–H groups in total. The number of aliphatic imine (C=N–C) groups is 1. The van der Waals surface area contributed by atoms with Crippen LogP contribution in [0, 0.1) is 17.5 Å². The molecule has 164 valence electrons. The lowest BCUT2D eigenvalue weighted by Gasteiger charge is -2.18. The topological polar surface area (TPSA) is 77.6 Å². The Balaban J connectivity index is 1.49. The maximum absolute atomic E-state index is 13.7. The van der Waals surface area contributed by atoms with E-state index < -0.39 is 29.5 Å². The number of carbonyl (C=O) groups excluding carboxylic acids is 1. The highest BCUT2D eigenvalue weighted by Crippen LogP contribution is 2.34. The van der Waals surface area contributed by atoms with Gasteiger partial charge < -0.3 is 5.32 Å². The van der Waals surface area contributed by atoms with Crippen LogP contribution in [0.5, 0.6) is 0 Å². The minimum absolute atomic E-state index is 0.0740. The zero-order valence-corrected chi connectivity index (χ0v) is 17.4. The standard InChI is InChI=1S/C21H21ClF3N5O/c1-21(4-5-21)28-20(27-19(31)11-2-3-15(22)16(25)8-11)26-18-10-17(29-30-18)12-6-13(23)9-14(24)7-12/h2-3,6-9,17-18,29-30H,4-5,10H2,1H3,(H2,26,27,28,31). The molecule has 0 spiro atoms. The first-order chi connectivity index (χ1) is 14.7. The first kappa shape index (κ1) is 21.6. The third kappa shape index (κ3) is 5.36. The zero-order valence-electron chi connectivity index (χ0n) is 16.6. The second-order valence-electron chi connectivity index (χ2n) is 8.04. The quantitative estimate of drug-likeness (QED) is 0.423. The lowest BCUT2D eigenvalue weighted by Crippen LogP contribution is -2.47. The number of nitrogens with zero attached hydrogens (tertiary/aromatic N) is 1. The number of hydrogen-bond donors (Lipinski definition) is 4. The summed E-state index contributed by atoms with van der Waals surface area (Å²) < 4.78 is 40.8. The van der Waals surface area contributed by atoms with Crippen molar-refractivity contribution in [1.82, 2.24) is 21.5 Å². The lowest BCUT2D eigenvalue weighted by atomic mass is 10.0. The molecule has 2 unspecified atom stereocenters. The summed E-state index contributed by atoms with van der Waals surface area (Å²) in [5.74, 6) is -2.32. The van der Waals surface area contributed by atoms with Crippen molar-refractivity contribution in [3.8, 4) is 0 Å². The van der Waals surface area contributed by atoms with Crippen LogP contribution in [0.1, 0.15) is 48.1 Å². The Kier molecular flexibility index (Phi) is 5.92. The fraction of sp³-hybridized carbons (Fsp3) is 0.333. The summed E-state index contributed by atoms with van der Waals surface area (Å²) in [6, 6.07) is 6.75. The molecule has 0 bridgehead atoms. The van der Waals surface area contributed by atoms with Crippen molar-refractivity contribution in [2.75, 3.05) is 0 Å². The van der Waals surface area contributed by atoms with Gasteiger partial charge in [0.25, 0.3) is 5.91 Å². The van der Waals surface area contributed by atoms with Crippen LogP contribution in [0.3, 0.4) is 0 Å². The SMILES string of the molecule is CC1(NC(=NC2CC(c3cc(F)cc(F)c3)NN2)NC(=O)c2ccc(Cl)c(F)c2)CC1. The van der Waals surface area contributed by atoms with E-state index in [1.807, 2.05) is 6.92 Å². The van der Waals surface area contributed by atoms with Crippen LogP contribution >= 0.6 is 11.6 Å². The summed E-state index contributed by atoms with van der Waals surface area (Å²) in [5, 5.41) is 5.81. The van der Waals surface area contributed by atoms with Gasteiger partial charge in [-0.2, -0.15) is 0 Å². The molecular weight excluding hydrogens is 431 g/mol. The first-order valence-corrected chi connectivity index (χ1v) is 10.2. The molecule has 2 aliphatic rings. The van der Waals surface area contributed by atoms with Gasteiger partial charge in [-0.1, -0.05) is 11.6 Å². The van der Waals surface area contributed by atoms with E-state index in [-0.39, 0.29) is 28.1 Å². The van der Waals surface area contributed by atoms with Crippen molar-refractivity contribution >= 4 is 23.5 Å². The summed E-state index contributed by atoms with van der Waals surface area (Å²) in [7, 11) is 0. The fourth-order valence-electron chi connectivity index (χ4n) is 3.29. The van der Waals surface area contributed by atoms with Crippen molar-refractivity contribution in [1.29, 1.82) is 0 Å². The summed E-state index contributed by atoms with van der Waals surface area (Å²) in [6.07, 6.45) is 1.76. The normalized spacial score (nSPS) is 22.3. The van der Waals surface area contributed by atoms with Crippen LogP contribution < -0.4 is 21.5 Å². The Morgan fingerprint density at radius 1 is 1.13 bits per heavy atom. The average molecular weight is 452 g/mol. The molecule has 6 nitrogen and oxygen atoms in total. The molecule has 0 aromatic heterocycles. The molecule has 1 saturated heterocycles. The van der Waals surface area contributed by atoms with Crippen molar-refractivity contribution in [2.24, 2.45) is 4.99 Å². The average Bonchev–Trinajstić information content (AvgIpc) is 3.22. The molecular formula is C21H21ClF3N5O. The molecule has 31 heavy (non-hydrogen) atoms. The maximum atomic E-state index is 13.7. The van der Waals surface area contributed by atoms with Gasteiger partial charge in [0.1, 0.15) is 23.6 Å². The molecule has 2 atom stereocenters. The minimum Gasteiger partial charge on any atom is -0.351 e. The van der Waals surface area contributed by atoms with Crippen molar-refractivity contribution in [3.05, 3.63) is 70.0 Å². The first-order valence-electron chi connectivity index (χ1n) is 9.80. The number of nitrogens with one attached hydrogen (secondary N) is 4. The molecule has 2 aromatic carbocycles. The Labute approximate surface area is 182 Å². The van der Waals surface area contributed by atoms with Crippen LogP contribution in [0.15, 0.2) is 41.4 Å². The highest BCUT2D eigenvalue weighted by Gasteiger charge is 2.39. The second kappa shape index (κ2) is 8.49. The largest absolute Gasteiger partial charge is 0.351 e. The summed E-state index contributed by atoms with van der Waals surface area (Å²) in [5.41, 5.74) is 6.29. The summed E-state index contributed by atoms with van der Waals surface area (Å²) in [6.45, 7) is 2.00. The van der Waals surface area contributed by atoms with E-state index in [1.54, 1.807) is 0 Å². The van der Waals surface area contributed by atoms with Crippen molar-refractivity contribution < 1.29 is 18.0 Å². The predicted octanol–water partition coefficient (Wildman–Crippen LogP) is 3.55. The maximum Gasteiger partial charge on any atom is 0.258 e. The number of rotatable bonds is 4. The van der Waals surface area contributed by atoms with E-state index in [0.29, 0.717) is 12.0 Å². The van der Waals surface area contributed by atoms with E-state index in [2.05, 4.69) is 26.5 Å². The molecule has 1 amide bonds. The molecule has 2 aromatic rings.